The van der Waals surface area contributed by atoms with Crippen LogP contribution in [-0.2, 0) is 6.54 Å². The lowest BCUT2D eigenvalue weighted by atomic mass is 10.2. The second-order valence-electron chi connectivity index (χ2n) is 3.14. The first-order chi connectivity index (χ1) is 7.31. The second kappa shape index (κ2) is 4.51. The maximum absolute atomic E-state index is 13.4. The molecule has 2 rings (SSSR count). The molecule has 0 saturated heterocycles. The van der Waals surface area contributed by atoms with E-state index in [-0.39, 0.29) is 5.82 Å². The van der Waals surface area contributed by atoms with Gasteiger partial charge in [-0.1, -0.05) is 12.1 Å². The highest BCUT2D eigenvalue weighted by Crippen LogP contribution is 2.26. The molecule has 1 heterocycles. The highest BCUT2D eigenvalue weighted by molar-refractivity contribution is 7.15. The molecular formula is C11H11FN2S. The Kier molecular flexibility index (Phi) is 3.08. The van der Waals surface area contributed by atoms with Crippen LogP contribution < -0.4 is 5.32 Å². The van der Waals surface area contributed by atoms with Gasteiger partial charge in [0.25, 0.3) is 0 Å². The number of hydrogen-bond donors (Lipinski definition) is 1. The van der Waals surface area contributed by atoms with Crippen molar-refractivity contribution in [3.63, 3.8) is 0 Å². The lowest BCUT2D eigenvalue weighted by molar-refractivity contribution is 0.631. The zero-order valence-electron chi connectivity index (χ0n) is 8.33. The largest absolute Gasteiger partial charge is 0.315 e. The summed E-state index contributed by atoms with van der Waals surface area (Å²) in [6.07, 6.45) is 1.78. The molecule has 0 spiro atoms. The standard InChI is InChI=1S/C11H11FN2S/c1-13-6-8-7-14-11(15-8)9-4-2-3-5-10(9)12/h2-5,7,13H,6H2,1H3. The van der Waals surface area contributed by atoms with Crippen molar-refractivity contribution in [3.05, 3.63) is 41.2 Å². The molecule has 0 radical (unpaired) electrons. The zero-order chi connectivity index (χ0) is 10.7. The minimum absolute atomic E-state index is 0.220. The van der Waals surface area contributed by atoms with Crippen LogP contribution in [0.2, 0.25) is 0 Å². The smallest absolute Gasteiger partial charge is 0.133 e. The molecule has 0 atom stereocenters. The minimum Gasteiger partial charge on any atom is -0.315 e. The number of aromatic nitrogens is 1. The van der Waals surface area contributed by atoms with Crippen LogP contribution in [0.3, 0.4) is 0 Å². The zero-order valence-corrected chi connectivity index (χ0v) is 9.14. The van der Waals surface area contributed by atoms with Gasteiger partial charge in [0, 0.05) is 23.2 Å². The van der Waals surface area contributed by atoms with Crippen molar-refractivity contribution in [2.24, 2.45) is 0 Å². The van der Waals surface area contributed by atoms with E-state index < -0.39 is 0 Å². The molecule has 0 fully saturated rings. The SMILES string of the molecule is CNCc1cnc(-c2ccccc2F)s1. The molecule has 1 aromatic carbocycles. The minimum atomic E-state index is -0.220. The van der Waals surface area contributed by atoms with Gasteiger partial charge >= 0.3 is 0 Å². The van der Waals surface area contributed by atoms with E-state index in [0.717, 1.165) is 16.4 Å². The average molecular weight is 222 g/mol. The maximum Gasteiger partial charge on any atom is 0.133 e. The highest BCUT2D eigenvalue weighted by atomic mass is 32.1. The van der Waals surface area contributed by atoms with Crippen molar-refractivity contribution in [3.8, 4) is 10.6 Å². The van der Waals surface area contributed by atoms with Crippen molar-refractivity contribution in [1.82, 2.24) is 10.3 Å². The van der Waals surface area contributed by atoms with E-state index >= 15 is 0 Å². The first-order valence-corrected chi connectivity index (χ1v) is 5.47. The van der Waals surface area contributed by atoms with Gasteiger partial charge in [0.15, 0.2) is 0 Å². The van der Waals surface area contributed by atoms with Gasteiger partial charge in [0.2, 0.25) is 0 Å². The van der Waals surface area contributed by atoms with Gasteiger partial charge in [-0.2, -0.15) is 0 Å². The first kappa shape index (κ1) is 10.3. The molecule has 0 amide bonds. The number of nitrogens with one attached hydrogen (secondary N) is 1. The summed E-state index contributed by atoms with van der Waals surface area (Å²) in [7, 11) is 1.88. The molecule has 78 valence electrons. The second-order valence-corrected chi connectivity index (χ2v) is 4.26. The van der Waals surface area contributed by atoms with Crippen LogP contribution in [0.4, 0.5) is 4.39 Å². The number of halogens is 1. The van der Waals surface area contributed by atoms with Crippen LogP contribution >= 0.6 is 11.3 Å². The predicted molar refractivity (Wildman–Crippen MR) is 60.3 cm³/mol. The third-order valence-electron chi connectivity index (χ3n) is 2.01. The molecule has 1 N–H and O–H groups in total. The van der Waals surface area contributed by atoms with E-state index in [2.05, 4.69) is 10.3 Å². The van der Waals surface area contributed by atoms with Gasteiger partial charge < -0.3 is 5.32 Å². The van der Waals surface area contributed by atoms with E-state index in [1.165, 1.54) is 17.4 Å². The summed E-state index contributed by atoms with van der Waals surface area (Å²) in [5.74, 6) is -0.220. The molecule has 0 aliphatic carbocycles. The summed E-state index contributed by atoms with van der Waals surface area (Å²) in [6.45, 7) is 0.770. The molecule has 2 aromatic rings. The van der Waals surface area contributed by atoms with Crippen LogP contribution in [-0.4, -0.2) is 12.0 Å². The van der Waals surface area contributed by atoms with E-state index in [1.807, 2.05) is 13.1 Å². The molecule has 2 nitrogen and oxygen atoms in total. The van der Waals surface area contributed by atoms with Crippen LogP contribution in [0.1, 0.15) is 4.88 Å². The van der Waals surface area contributed by atoms with Crippen LogP contribution in [0, 0.1) is 5.82 Å². The summed E-state index contributed by atoms with van der Waals surface area (Å²) in [4.78, 5) is 5.31. The highest BCUT2D eigenvalue weighted by Gasteiger charge is 2.08. The first-order valence-electron chi connectivity index (χ1n) is 4.65. The lowest BCUT2D eigenvalue weighted by Gasteiger charge is -1.96. The summed E-state index contributed by atoms with van der Waals surface area (Å²) < 4.78 is 13.4. The Balaban J connectivity index is 2.33. The van der Waals surface area contributed by atoms with Gasteiger partial charge in [-0.3, -0.25) is 0 Å². The summed E-state index contributed by atoms with van der Waals surface area (Å²) in [6, 6.07) is 6.70. The third kappa shape index (κ3) is 2.22. The Bertz CT molecular complexity index is 453. The molecule has 0 bridgehead atoms. The lowest BCUT2D eigenvalue weighted by Crippen LogP contribution is -2.02. The number of benzene rings is 1. The fourth-order valence-corrected chi connectivity index (χ4v) is 2.27. The molecule has 0 unspecified atom stereocenters. The van der Waals surface area contributed by atoms with E-state index in [4.69, 9.17) is 0 Å². The van der Waals surface area contributed by atoms with Crippen molar-refractivity contribution in [2.45, 2.75) is 6.54 Å². The number of nitrogens with zero attached hydrogens (tertiary/aromatic N) is 1. The molecular weight excluding hydrogens is 211 g/mol. The number of thiazole rings is 1. The predicted octanol–water partition coefficient (Wildman–Crippen LogP) is 2.67. The average Bonchev–Trinajstić information content (AvgIpc) is 2.68. The van der Waals surface area contributed by atoms with E-state index in [1.54, 1.807) is 18.3 Å². The van der Waals surface area contributed by atoms with Crippen molar-refractivity contribution >= 4 is 11.3 Å². The van der Waals surface area contributed by atoms with Crippen molar-refractivity contribution in [2.75, 3.05) is 7.05 Å². The molecule has 0 aliphatic rings. The molecule has 0 saturated carbocycles. The normalized spacial score (nSPS) is 10.5. The quantitative estimate of drug-likeness (QED) is 0.863. The van der Waals surface area contributed by atoms with E-state index in [0.29, 0.717) is 5.56 Å². The summed E-state index contributed by atoms with van der Waals surface area (Å²) in [5.41, 5.74) is 0.574. The van der Waals surface area contributed by atoms with Gasteiger partial charge in [-0.05, 0) is 19.2 Å². The number of hydrogen-bond acceptors (Lipinski definition) is 3. The van der Waals surface area contributed by atoms with E-state index in [9.17, 15) is 4.39 Å². The van der Waals surface area contributed by atoms with Crippen LogP contribution in [0.25, 0.3) is 10.6 Å². The topological polar surface area (TPSA) is 24.9 Å². The Morgan fingerprint density at radius 1 is 1.40 bits per heavy atom. The third-order valence-corrected chi connectivity index (χ3v) is 3.04. The fourth-order valence-electron chi connectivity index (χ4n) is 1.32. The monoisotopic (exact) mass is 222 g/mol. The van der Waals surface area contributed by atoms with Gasteiger partial charge in [-0.15, -0.1) is 11.3 Å². The van der Waals surface area contributed by atoms with Crippen LogP contribution in [0.5, 0.6) is 0 Å². The Labute approximate surface area is 91.8 Å². The van der Waals surface area contributed by atoms with Gasteiger partial charge in [0.1, 0.15) is 10.8 Å². The van der Waals surface area contributed by atoms with Gasteiger partial charge in [-0.25, -0.2) is 9.37 Å². The fraction of sp³-hybridized carbons (Fsp3) is 0.182. The maximum atomic E-state index is 13.4. The summed E-state index contributed by atoms with van der Waals surface area (Å²) in [5, 5.41) is 3.77. The molecule has 15 heavy (non-hydrogen) atoms. The Morgan fingerprint density at radius 3 is 2.93 bits per heavy atom. The number of rotatable bonds is 3. The molecule has 4 heteroatoms. The van der Waals surface area contributed by atoms with Gasteiger partial charge in [0.05, 0.1) is 0 Å². The van der Waals surface area contributed by atoms with Crippen LogP contribution in [0.15, 0.2) is 30.5 Å². The summed E-state index contributed by atoms with van der Waals surface area (Å²) >= 11 is 1.51. The Hall–Kier alpha value is -1.26. The van der Waals surface area contributed by atoms with Crippen molar-refractivity contribution in [1.29, 1.82) is 0 Å². The van der Waals surface area contributed by atoms with Crippen molar-refractivity contribution < 1.29 is 4.39 Å². The molecule has 0 aliphatic heterocycles. The molecule has 1 aromatic heterocycles. The Morgan fingerprint density at radius 2 is 2.20 bits per heavy atom.